The number of allylic oxidation sites excluding steroid dienone is 2. The zero-order chi connectivity index (χ0) is 13.1. The summed E-state index contributed by atoms with van der Waals surface area (Å²) in [5.41, 5.74) is 0.992. The summed E-state index contributed by atoms with van der Waals surface area (Å²) < 4.78 is 5.45. The predicted octanol–water partition coefficient (Wildman–Crippen LogP) is 2.20. The van der Waals surface area contributed by atoms with E-state index in [0.717, 1.165) is 12.8 Å². The maximum atomic E-state index is 11.8. The van der Waals surface area contributed by atoms with Crippen LogP contribution >= 0.6 is 0 Å². The van der Waals surface area contributed by atoms with Crippen LogP contribution in [0.2, 0.25) is 0 Å². The van der Waals surface area contributed by atoms with Crippen LogP contribution < -0.4 is 0 Å². The molecule has 0 aromatic rings. The molecule has 1 unspecified atom stereocenters. The molecule has 0 radical (unpaired) electrons. The lowest BCUT2D eigenvalue weighted by Gasteiger charge is -2.46. The Balaban J connectivity index is 2.06. The van der Waals surface area contributed by atoms with E-state index < -0.39 is 0 Å². The van der Waals surface area contributed by atoms with Crippen LogP contribution in [-0.2, 0) is 14.3 Å². The topological polar surface area (TPSA) is 43.4 Å². The van der Waals surface area contributed by atoms with Gasteiger partial charge in [-0.25, -0.2) is 4.79 Å². The van der Waals surface area contributed by atoms with Gasteiger partial charge in [-0.2, -0.15) is 0 Å². The van der Waals surface area contributed by atoms with Crippen LogP contribution in [0.15, 0.2) is 36.5 Å². The molecule has 3 heteroatoms. The van der Waals surface area contributed by atoms with E-state index in [1.807, 2.05) is 6.08 Å². The fourth-order valence-electron chi connectivity index (χ4n) is 3.58. The highest BCUT2D eigenvalue weighted by Gasteiger charge is 2.55. The zero-order valence-electron chi connectivity index (χ0n) is 10.4. The van der Waals surface area contributed by atoms with Gasteiger partial charge in [-0.3, -0.25) is 4.79 Å². The van der Waals surface area contributed by atoms with E-state index in [0.29, 0.717) is 11.1 Å². The fraction of sp³-hybridized carbons (Fsp3) is 0.467. The Morgan fingerprint density at radius 1 is 1.33 bits per heavy atom. The fourth-order valence-corrected chi connectivity index (χ4v) is 3.58. The minimum absolute atomic E-state index is 0.0478. The molecule has 0 aromatic carbocycles. The molecule has 0 amide bonds. The molecule has 1 aliphatic heterocycles. The molecular formula is C15H16O3. The van der Waals surface area contributed by atoms with Crippen molar-refractivity contribution in [1.29, 1.82) is 0 Å². The van der Waals surface area contributed by atoms with E-state index >= 15 is 0 Å². The standard InChI is InChI=1S/C15H16O3/c1-8-10-4-6-15(3)7-5-11(16)9(2)12(15)13(10)18-14(8)17/h5,7,10,12-13H,1-2,4,6H2,3H3/t10-,12?,13-,15-/m0/s1. The van der Waals surface area contributed by atoms with Crippen molar-refractivity contribution in [3.05, 3.63) is 36.5 Å². The summed E-state index contributed by atoms with van der Waals surface area (Å²) in [5, 5.41) is 0. The second kappa shape index (κ2) is 3.44. The van der Waals surface area contributed by atoms with Gasteiger partial charge in [0.05, 0.1) is 0 Å². The summed E-state index contributed by atoms with van der Waals surface area (Å²) in [6.45, 7) is 9.84. The largest absolute Gasteiger partial charge is 0.458 e. The first kappa shape index (κ1) is 11.5. The molecule has 18 heavy (non-hydrogen) atoms. The Morgan fingerprint density at radius 2 is 2.06 bits per heavy atom. The summed E-state index contributed by atoms with van der Waals surface area (Å²) in [7, 11) is 0. The van der Waals surface area contributed by atoms with Gasteiger partial charge in [-0.1, -0.05) is 26.2 Å². The number of ketones is 1. The van der Waals surface area contributed by atoms with E-state index in [-0.39, 0.29) is 35.1 Å². The monoisotopic (exact) mass is 244 g/mol. The van der Waals surface area contributed by atoms with Crippen molar-refractivity contribution in [2.45, 2.75) is 25.9 Å². The van der Waals surface area contributed by atoms with Crippen molar-refractivity contribution in [3.8, 4) is 0 Å². The number of rotatable bonds is 0. The Kier molecular flexibility index (Phi) is 2.19. The molecule has 1 saturated heterocycles. The summed E-state index contributed by atoms with van der Waals surface area (Å²) in [4.78, 5) is 23.4. The second-order valence-electron chi connectivity index (χ2n) is 5.75. The third-order valence-electron chi connectivity index (χ3n) is 4.69. The lowest BCUT2D eigenvalue weighted by atomic mass is 9.57. The second-order valence-corrected chi connectivity index (χ2v) is 5.75. The molecule has 4 atom stereocenters. The zero-order valence-corrected chi connectivity index (χ0v) is 10.4. The van der Waals surface area contributed by atoms with Gasteiger partial charge >= 0.3 is 5.97 Å². The lowest BCUT2D eigenvalue weighted by Crippen LogP contribution is -2.46. The molecule has 1 heterocycles. The number of ether oxygens (including phenoxy) is 1. The SMILES string of the molecule is C=C1C(=O)C=C[C@]2(C)CC[C@H]3C(=C)C(=O)O[C@@H]3C12. The third-order valence-corrected chi connectivity index (χ3v) is 4.69. The molecule has 0 N–H and O–H groups in total. The van der Waals surface area contributed by atoms with Crippen LogP contribution in [0.5, 0.6) is 0 Å². The number of hydrogen-bond donors (Lipinski definition) is 0. The summed E-state index contributed by atoms with van der Waals surface area (Å²) in [6, 6.07) is 0. The smallest absolute Gasteiger partial charge is 0.334 e. The lowest BCUT2D eigenvalue weighted by molar-refractivity contribution is -0.144. The number of hydrogen-bond acceptors (Lipinski definition) is 3. The normalized spacial score (nSPS) is 42.6. The summed E-state index contributed by atoms with van der Waals surface area (Å²) >= 11 is 0. The molecule has 0 bridgehead atoms. The first-order chi connectivity index (χ1) is 8.44. The van der Waals surface area contributed by atoms with Gasteiger partial charge in [0.15, 0.2) is 5.78 Å². The summed E-state index contributed by atoms with van der Waals surface area (Å²) in [5.74, 6) is -0.417. The van der Waals surface area contributed by atoms with Crippen molar-refractivity contribution in [3.63, 3.8) is 0 Å². The number of carbonyl (C=O) groups excluding carboxylic acids is 2. The molecule has 94 valence electrons. The molecule has 3 aliphatic rings. The van der Waals surface area contributed by atoms with Gasteiger partial charge in [0.2, 0.25) is 0 Å². The van der Waals surface area contributed by atoms with E-state index in [4.69, 9.17) is 4.74 Å². The predicted molar refractivity (Wildman–Crippen MR) is 66.6 cm³/mol. The third kappa shape index (κ3) is 1.30. The molecular weight excluding hydrogens is 228 g/mol. The molecule has 3 nitrogen and oxygen atoms in total. The Bertz CT molecular complexity index is 514. The van der Waals surface area contributed by atoms with Gasteiger partial charge < -0.3 is 4.74 Å². The molecule has 0 aromatic heterocycles. The van der Waals surface area contributed by atoms with Crippen molar-refractivity contribution in [1.82, 2.24) is 0 Å². The first-order valence-corrected chi connectivity index (χ1v) is 6.26. The highest BCUT2D eigenvalue weighted by Crippen LogP contribution is 2.54. The average Bonchev–Trinajstić information content (AvgIpc) is 2.60. The van der Waals surface area contributed by atoms with Crippen LogP contribution in [0.1, 0.15) is 19.8 Å². The number of carbonyl (C=O) groups is 2. The quantitative estimate of drug-likeness (QED) is 0.484. The van der Waals surface area contributed by atoms with E-state index in [1.165, 1.54) is 0 Å². The maximum Gasteiger partial charge on any atom is 0.334 e. The van der Waals surface area contributed by atoms with Crippen LogP contribution in [0.25, 0.3) is 0 Å². The molecule has 2 fully saturated rings. The van der Waals surface area contributed by atoms with E-state index in [2.05, 4.69) is 20.1 Å². The van der Waals surface area contributed by atoms with Gasteiger partial charge in [-0.15, -0.1) is 0 Å². The van der Waals surface area contributed by atoms with Gasteiger partial charge in [0.1, 0.15) is 6.10 Å². The molecule has 1 saturated carbocycles. The Hall–Kier alpha value is -1.64. The van der Waals surface area contributed by atoms with Crippen LogP contribution in [0.4, 0.5) is 0 Å². The van der Waals surface area contributed by atoms with E-state index in [9.17, 15) is 9.59 Å². The van der Waals surface area contributed by atoms with Crippen molar-refractivity contribution in [2.24, 2.45) is 17.3 Å². The van der Waals surface area contributed by atoms with Crippen LogP contribution in [-0.4, -0.2) is 17.9 Å². The Labute approximate surface area is 106 Å². The number of esters is 1. The minimum Gasteiger partial charge on any atom is -0.458 e. The van der Waals surface area contributed by atoms with Crippen molar-refractivity contribution < 1.29 is 14.3 Å². The maximum absolute atomic E-state index is 11.8. The average molecular weight is 244 g/mol. The highest BCUT2D eigenvalue weighted by atomic mass is 16.6. The number of fused-ring (bicyclic) bond motifs is 3. The van der Waals surface area contributed by atoms with Crippen molar-refractivity contribution in [2.75, 3.05) is 0 Å². The van der Waals surface area contributed by atoms with E-state index in [1.54, 1.807) is 6.08 Å². The van der Waals surface area contributed by atoms with Gasteiger partial charge in [0, 0.05) is 17.4 Å². The summed E-state index contributed by atoms with van der Waals surface area (Å²) in [6.07, 6.45) is 5.11. The molecule has 0 spiro atoms. The van der Waals surface area contributed by atoms with Crippen molar-refractivity contribution >= 4 is 11.8 Å². The first-order valence-electron chi connectivity index (χ1n) is 6.26. The molecule has 3 rings (SSSR count). The van der Waals surface area contributed by atoms with Crippen LogP contribution in [0.3, 0.4) is 0 Å². The Morgan fingerprint density at radius 3 is 2.78 bits per heavy atom. The van der Waals surface area contributed by atoms with Gasteiger partial charge in [-0.05, 0) is 29.9 Å². The van der Waals surface area contributed by atoms with Crippen LogP contribution in [0, 0.1) is 17.3 Å². The minimum atomic E-state index is -0.316. The van der Waals surface area contributed by atoms with Gasteiger partial charge in [0.25, 0.3) is 0 Å². The molecule has 2 aliphatic carbocycles. The highest BCUT2D eigenvalue weighted by molar-refractivity contribution is 6.05.